The van der Waals surface area contributed by atoms with Crippen LogP contribution in [0.5, 0.6) is 0 Å². The van der Waals surface area contributed by atoms with Crippen molar-refractivity contribution in [2.24, 2.45) is 0 Å². The van der Waals surface area contributed by atoms with Gasteiger partial charge >= 0.3 is 0 Å². The largest absolute Gasteiger partial charge is 0.383 e. The van der Waals surface area contributed by atoms with E-state index in [4.69, 9.17) is 9.72 Å². The van der Waals surface area contributed by atoms with Gasteiger partial charge in [0.25, 0.3) is 5.56 Å². The predicted octanol–water partition coefficient (Wildman–Crippen LogP) is 1.68. The van der Waals surface area contributed by atoms with Gasteiger partial charge in [0.1, 0.15) is 17.2 Å². The Kier molecular flexibility index (Phi) is 7.31. The summed E-state index contributed by atoms with van der Waals surface area (Å²) in [6.07, 6.45) is 0. The molecule has 0 fully saturated rings. The molecule has 0 saturated carbocycles. The zero-order valence-corrected chi connectivity index (χ0v) is 17.0. The molecule has 0 unspecified atom stereocenters. The van der Waals surface area contributed by atoms with Gasteiger partial charge in [-0.1, -0.05) is 13.8 Å². The average Bonchev–Trinajstić information content (AvgIpc) is 2.90. The second kappa shape index (κ2) is 9.25. The van der Waals surface area contributed by atoms with Crippen molar-refractivity contribution < 1.29 is 9.53 Å². The number of carbonyl (C=O) groups is 1. The number of aryl methyl sites for hydroxylation is 2. The molecule has 1 amide bonds. The lowest BCUT2D eigenvalue weighted by Crippen LogP contribution is -2.37. The number of amides is 1. The maximum absolute atomic E-state index is 13.1. The smallest absolute Gasteiger partial charge is 0.263 e. The first-order valence-corrected chi connectivity index (χ1v) is 9.71. The molecule has 0 aliphatic heterocycles. The molecule has 144 valence electrons. The number of hydrogen-bond acceptors (Lipinski definition) is 6. The molecule has 0 spiro atoms. The van der Waals surface area contributed by atoms with Gasteiger partial charge < -0.3 is 10.1 Å². The molecule has 1 N–H and O–H groups in total. The van der Waals surface area contributed by atoms with E-state index in [0.29, 0.717) is 30.9 Å². The molecule has 0 atom stereocenters. The summed E-state index contributed by atoms with van der Waals surface area (Å²) in [5.74, 6) is 0.421. The second-order valence-electron chi connectivity index (χ2n) is 6.19. The van der Waals surface area contributed by atoms with E-state index in [1.165, 1.54) is 15.9 Å². The van der Waals surface area contributed by atoms with E-state index in [9.17, 15) is 9.59 Å². The first-order chi connectivity index (χ1) is 12.4. The molecular weight excluding hydrogens is 352 g/mol. The Morgan fingerprint density at radius 3 is 2.62 bits per heavy atom. The molecule has 2 aromatic heterocycles. The minimum absolute atomic E-state index is 0.0313. The summed E-state index contributed by atoms with van der Waals surface area (Å²) in [4.78, 5) is 34.1. The van der Waals surface area contributed by atoms with Gasteiger partial charge in [0.05, 0.1) is 18.5 Å². The SMILES string of the molecule is CCN(CC)Cc1nc2sc(C)c(C)c2c(=O)n1CC(=O)NCCOC. The number of hydrogen-bond donors (Lipinski definition) is 1. The van der Waals surface area contributed by atoms with Crippen molar-refractivity contribution in [2.75, 3.05) is 33.4 Å². The fourth-order valence-electron chi connectivity index (χ4n) is 2.79. The highest BCUT2D eigenvalue weighted by molar-refractivity contribution is 7.18. The van der Waals surface area contributed by atoms with Gasteiger partial charge in [-0.15, -0.1) is 11.3 Å². The number of thiophene rings is 1. The highest BCUT2D eigenvalue weighted by Crippen LogP contribution is 2.26. The monoisotopic (exact) mass is 380 g/mol. The average molecular weight is 381 g/mol. The summed E-state index contributed by atoms with van der Waals surface area (Å²) in [6.45, 7) is 11.1. The lowest BCUT2D eigenvalue weighted by molar-refractivity contribution is -0.121. The van der Waals surface area contributed by atoms with Gasteiger partial charge in [0.15, 0.2) is 0 Å². The zero-order chi connectivity index (χ0) is 19.3. The van der Waals surface area contributed by atoms with E-state index in [0.717, 1.165) is 28.4 Å². The van der Waals surface area contributed by atoms with Gasteiger partial charge in [-0.25, -0.2) is 4.98 Å². The van der Waals surface area contributed by atoms with Gasteiger partial charge in [0.2, 0.25) is 5.91 Å². The van der Waals surface area contributed by atoms with Crippen LogP contribution in [-0.4, -0.2) is 53.7 Å². The van der Waals surface area contributed by atoms with Crippen LogP contribution in [0.4, 0.5) is 0 Å². The molecule has 0 aliphatic rings. The van der Waals surface area contributed by atoms with Crippen LogP contribution in [0.25, 0.3) is 10.2 Å². The van der Waals surface area contributed by atoms with Crippen molar-refractivity contribution in [1.29, 1.82) is 0 Å². The standard InChI is InChI=1S/C18H28N4O3S/c1-6-21(7-2)10-14-20-17-16(12(3)13(4)26-17)18(24)22(14)11-15(23)19-8-9-25-5/h6-11H2,1-5H3,(H,19,23). The number of rotatable bonds is 9. The maximum Gasteiger partial charge on any atom is 0.263 e. The predicted molar refractivity (Wildman–Crippen MR) is 105 cm³/mol. The van der Waals surface area contributed by atoms with Crippen molar-refractivity contribution in [2.45, 2.75) is 40.8 Å². The van der Waals surface area contributed by atoms with Gasteiger partial charge in [-0.2, -0.15) is 0 Å². The van der Waals surface area contributed by atoms with Crippen LogP contribution >= 0.6 is 11.3 Å². The summed E-state index contributed by atoms with van der Waals surface area (Å²) in [7, 11) is 1.58. The molecule has 2 heterocycles. The fraction of sp³-hybridized carbons (Fsp3) is 0.611. The Balaban J connectivity index is 2.45. The zero-order valence-electron chi connectivity index (χ0n) is 16.2. The van der Waals surface area contributed by atoms with Gasteiger partial charge in [-0.05, 0) is 32.5 Å². The van der Waals surface area contributed by atoms with E-state index < -0.39 is 0 Å². The van der Waals surface area contributed by atoms with Gasteiger partial charge in [0, 0.05) is 18.5 Å². The number of nitrogens with zero attached hydrogens (tertiary/aromatic N) is 3. The molecular formula is C18H28N4O3S. The van der Waals surface area contributed by atoms with Crippen LogP contribution in [-0.2, 0) is 22.6 Å². The number of ether oxygens (including phenoxy) is 1. The molecule has 0 radical (unpaired) electrons. The van der Waals surface area contributed by atoms with Crippen molar-refractivity contribution in [3.63, 3.8) is 0 Å². The normalized spacial score (nSPS) is 11.5. The van der Waals surface area contributed by atoms with E-state index >= 15 is 0 Å². The number of fused-ring (bicyclic) bond motifs is 1. The lowest BCUT2D eigenvalue weighted by Gasteiger charge is -2.20. The minimum Gasteiger partial charge on any atom is -0.383 e. The third kappa shape index (κ3) is 4.49. The number of nitrogens with one attached hydrogen (secondary N) is 1. The quantitative estimate of drug-likeness (QED) is 0.670. The summed E-state index contributed by atoms with van der Waals surface area (Å²) in [5, 5.41) is 3.40. The van der Waals surface area contributed by atoms with Crippen LogP contribution in [0, 0.1) is 13.8 Å². The Labute approximate surface area is 158 Å². The Morgan fingerprint density at radius 1 is 1.31 bits per heavy atom. The first kappa shape index (κ1) is 20.5. The van der Waals surface area contributed by atoms with Crippen molar-refractivity contribution in [3.05, 3.63) is 26.6 Å². The van der Waals surface area contributed by atoms with Crippen molar-refractivity contribution in [1.82, 2.24) is 19.8 Å². The van der Waals surface area contributed by atoms with E-state index in [1.807, 2.05) is 13.8 Å². The van der Waals surface area contributed by atoms with Crippen molar-refractivity contribution in [3.8, 4) is 0 Å². The molecule has 0 bridgehead atoms. The first-order valence-electron chi connectivity index (χ1n) is 8.90. The third-order valence-corrected chi connectivity index (χ3v) is 5.66. The minimum atomic E-state index is -0.212. The number of carbonyl (C=O) groups excluding carboxylic acids is 1. The highest BCUT2D eigenvalue weighted by Gasteiger charge is 2.19. The Bertz CT molecular complexity index is 824. The second-order valence-corrected chi connectivity index (χ2v) is 7.39. The molecule has 26 heavy (non-hydrogen) atoms. The van der Waals surface area contributed by atoms with Gasteiger partial charge in [-0.3, -0.25) is 19.1 Å². The molecule has 0 saturated heterocycles. The third-order valence-electron chi connectivity index (χ3n) is 4.56. The molecule has 0 aliphatic carbocycles. The Hall–Kier alpha value is -1.77. The highest BCUT2D eigenvalue weighted by atomic mass is 32.1. The summed E-state index contributed by atoms with van der Waals surface area (Å²) in [6, 6.07) is 0. The van der Waals surface area contributed by atoms with Crippen molar-refractivity contribution >= 4 is 27.5 Å². The molecule has 0 aromatic carbocycles. The molecule has 7 nitrogen and oxygen atoms in total. The van der Waals surface area contributed by atoms with Crippen LogP contribution < -0.4 is 10.9 Å². The molecule has 2 rings (SSSR count). The number of methoxy groups -OCH3 is 1. The number of aromatic nitrogens is 2. The van der Waals surface area contributed by atoms with Crippen LogP contribution in [0.3, 0.4) is 0 Å². The summed E-state index contributed by atoms with van der Waals surface area (Å²) < 4.78 is 6.46. The summed E-state index contributed by atoms with van der Waals surface area (Å²) in [5.41, 5.74) is 0.811. The molecule has 8 heteroatoms. The van der Waals surface area contributed by atoms with E-state index in [-0.39, 0.29) is 18.0 Å². The van der Waals surface area contributed by atoms with Crippen LogP contribution in [0.1, 0.15) is 30.1 Å². The topological polar surface area (TPSA) is 76.5 Å². The van der Waals surface area contributed by atoms with Crippen LogP contribution in [0.2, 0.25) is 0 Å². The lowest BCUT2D eigenvalue weighted by atomic mass is 10.2. The Morgan fingerprint density at radius 2 is 2.00 bits per heavy atom. The van der Waals surface area contributed by atoms with Crippen LogP contribution in [0.15, 0.2) is 4.79 Å². The molecule has 2 aromatic rings. The summed E-state index contributed by atoms with van der Waals surface area (Å²) >= 11 is 1.53. The fourth-order valence-corrected chi connectivity index (χ4v) is 3.83. The van der Waals surface area contributed by atoms with E-state index in [2.05, 4.69) is 24.1 Å². The van der Waals surface area contributed by atoms with E-state index in [1.54, 1.807) is 7.11 Å². The maximum atomic E-state index is 13.1.